The van der Waals surface area contributed by atoms with Gasteiger partial charge in [-0.1, -0.05) is 11.6 Å². The van der Waals surface area contributed by atoms with Gasteiger partial charge in [-0.2, -0.15) is 10.1 Å². The maximum Gasteiger partial charge on any atom is 0.249 e. The number of ether oxygens (including phenoxy) is 2. The molecule has 0 aliphatic carbocycles. The van der Waals surface area contributed by atoms with Gasteiger partial charge in [0.25, 0.3) is 0 Å². The molecule has 8 heteroatoms. The summed E-state index contributed by atoms with van der Waals surface area (Å²) in [6, 6.07) is 11.2. The van der Waals surface area contributed by atoms with Gasteiger partial charge in [0.2, 0.25) is 5.95 Å². The average molecular weight is 400 g/mol. The minimum absolute atomic E-state index is 0.131. The molecule has 3 rings (SSSR count). The lowest BCUT2D eigenvalue weighted by atomic mass is 10.2. The summed E-state index contributed by atoms with van der Waals surface area (Å²) in [5.74, 6) is 2.30. The first-order chi connectivity index (χ1) is 13.4. The van der Waals surface area contributed by atoms with Crippen LogP contribution in [0, 0.1) is 6.92 Å². The highest BCUT2D eigenvalue weighted by molar-refractivity contribution is 6.31. The Morgan fingerprint density at radius 3 is 2.50 bits per heavy atom. The molecule has 0 bridgehead atoms. The number of aryl methyl sites for hydroxylation is 1. The summed E-state index contributed by atoms with van der Waals surface area (Å²) in [5, 5.41) is 15.0. The van der Waals surface area contributed by atoms with Crippen molar-refractivity contribution < 1.29 is 9.47 Å². The Labute approximate surface area is 169 Å². The molecule has 0 unspecified atom stereocenters. The molecule has 3 aromatic rings. The summed E-state index contributed by atoms with van der Waals surface area (Å²) in [7, 11) is 1.58. The van der Waals surface area contributed by atoms with Gasteiger partial charge in [-0.3, -0.25) is 0 Å². The van der Waals surface area contributed by atoms with Crippen molar-refractivity contribution in [2.75, 3.05) is 17.7 Å². The van der Waals surface area contributed by atoms with Gasteiger partial charge < -0.3 is 20.1 Å². The molecule has 0 fully saturated rings. The molecule has 146 valence electrons. The van der Waals surface area contributed by atoms with Crippen LogP contribution in [-0.2, 0) is 0 Å². The summed E-state index contributed by atoms with van der Waals surface area (Å²) in [4.78, 5) is 4.45. The number of anilines is 4. The van der Waals surface area contributed by atoms with E-state index in [0.29, 0.717) is 28.2 Å². The Morgan fingerprint density at radius 1 is 1.07 bits per heavy atom. The summed E-state index contributed by atoms with van der Waals surface area (Å²) in [6.07, 6.45) is 1.68. The number of hydrogen-bond acceptors (Lipinski definition) is 7. The molecule has 2 N–H and O–H groups in total. The maximum atomic E-state index is 6.15. The van der Waals surface area contributed by atoms with Gasteiger partial charge in [-0.25, -0.2) is 0 Å². The van der Waals surface area contributed by atoms with E-state index in [9.17, 15) is 0 Å². The van der Waals surface area contributed by atoms with Crippen molar-refractivity contribution >= 4 is 34.7 Å². The first-order valence-corrected chi connectivity index (χ1v) is 9.17. The van der Waals surface area contributed by atoms with E-state index in [2.05, 4.69) is 25.8 Å². The Hall–Kier alpha value is -3.06. The van der Waals surface area contributed by atoms with Crippen LogP contribution >= 0.6 is 11.6 Å². The molecule has 0 atom stereocenters. The normalized spacial score (nSPS) is 10.6. The summed E-state index contributed by atoms with van der Waals surface area (Å²) in [6.45, 7) is 5.89. The number of nitrogens with zero attached hydrogens (tertiary/aromatic N) is 3. The summed E-state index contributed by atoms with van der Waals surface area (Å²) < 4.78 is 11.0. The van der Waals surface area contributed by atoms with Gasteiger partial charge in [0, 0.05) is 16.8 Å². The zero-order valence-corrected chi connectivity index (χ0v) is 16.9. The predicted molar refractivity (Wildman–Crippen MR) is 111 cm³/mol. The Kier molecular flexibility index (Phi) is 6.16. The van der Waals surface area contributed by atoms with E-state index in [1.165, 1.54) is 0 Å². The monoisotopic (exact) mass is 399 g/mol. The van der Waals surface area contributed by atoms with Crippen LogP contribution in [0.4, 0.5) is 23.1 Å². The van der Waals surface area contributed by atoms with Crippen LogP contribution in [0.3, 0.4) is 0 Å². The van der Waals surface area contributed by atoms with Crippen LogP contribution in [0.25, 0.3) is 0 Å². The number of halogens is 1. The fourth-order valence-electron chi connectivity index (χ4n) is 2.50. The highest BCUT2D eigenvalue weighted by Crippen LogP contribution is 2.32. The number of aromatic nitrogens is 3. The minimum atomic E-state index is 0.131. The quantitative estimate of drug-likeness (QED) is 0.570. The maximum absolute atomic E-state index is 6.15. The zero-order valence-electron chi connectivity index (χ0n) is 16.2. The molecule has 0 aliphatic heterocycles. The number of rotatable bonds is 7. The molecule has 1 heterocycles. The van der Waals surface area contributed by atoms with E-state index < -0.39 is 0 Å². The molecule has 0 spiro atoms. The standard InChI is InChI=1S/C20H22ClN5O2/c1-12(2)28-15-7-5-14(6-8-15)23-19-11-22-26-20(25-19)24-17-9-13(3)16(21)10-18(17)27-4/h5-12H,1-4H3,(H2,23,24,25,26). The summed E-state index contributed by atoms with van der Waals surface area (Å²) >= 11 is 6.15. The van der Waals surface area contributed by atoms with Gasteiger partial charge in [0.05, 0.1) is 25.1 Å². The van der Waals surface area contributed by atoms with Crippen LogP contribution in [0.1, 0.15) is 19.4 Å². The second kappa shape index (κ2) is 8.75. The smallest absolute Gasteiger partial charge is 0.249 e. The molecule has 0 amide bonds. The molecule has 0 radical (unpaired) electrons. The van der Waals surface area contributed by atoms with E-state index in [1.807, 2.05) is 51.1 Å². The molecule has 0 saturated heterocycles. The van der Waals surface area contributed by atoms with Crippen molar-refractivity contribution in [3.8, 4) is 11.5 Å². The largest absolute Gasteiger partial charge is 0.495 e. The minimum Gasteiger partial charge on any atom is -0.495 e. The molecule has 28 heavy (non-hydrogen) atoms. The fraction of sp³-hybridized carbons (Fsp3) is 0.250. The van der Waals surface area contributed by atoms with Crippen LogP contribution < -0.4 is 20.1 Å². The average Bonchev–Trinajstić information content (AvgIpc) is 2.66. The molecule has 0 saturated carbocycles. The molecular formula is C20H22ClN5O2. The number of nitrogens with one attached hydrogen (secondary N) is 2. The molecule has 1 aromatic heterocycles. The van der Waals surface area contributed by atoms with E-state index in [0.717, 1.165) is 17.0 Å². The van der Waals surface area contributed by atoms with Crippen LogP contribution in [-0.4, -0.2) is 28.4 Å². The SMILES string of the molecule is COc1cc(Cl)c(C)cc1Nc1nncc(Nc2ccc(OC(C)C)cc2)n1. The van der Waals surface area contributed by atoms with Gasteiger partial charge >= 0.3 is 0 Å². The van der Waals surface area contributed by atoms with Gasteiger partial charge in [-0.05, 0) is 56.7 Å². The van der Waals surface area contributed by atoms with Crippen LogP contribution in [0.5, 0.6) is 11.5 Å². The van der Waals surface area contributed by atoms with Crippen LogP contribution in [0.15, 0.2) is 42.6 Å². The van der Waals surface area contributed by atoms with Crippen molar-refractivity contribution in [1.29, 1.82) is 0 Å². The number of benzene rings is 2. The van der Waals surface area contributed by atoms with E-state index in [4.69, 9.17) is 21.1 Å². The Morgan fingerprint density at radius 2 is 1.82 bits per heavy atom. The van der Waals surface area contributed by atoms with Crippen molar-refractivity contribution in [2.24, 2.45) is 0 Å². The van der Waals surface area contributed by atoms with Crippen molar-refractivity contribution in [3.05, 3.63) is 53.2 Å². The third kappa shape index (κ3) is 5.01. The van der Waals surface area contributed by atoms with Crippen molar-refractivity contribution in [3.63, 3.8) is 0 Å². The lowest BCUT2D eigenvalue weighted by molar-refractivity contribution is 0.242. The van der Waals surface area contributed by atoms with E-state index >= 15 is 0 Å². The van der Waals surface area contributed by atoms with E-state index in [1.54, 1.807) is 19.4 Å². The lowest BCUT2D eigenvalue weighted by Gasteiger charge is -2.13. The lowest BCUT2D eigenvalue weighted by Crippen LogP contribution is -2.05. The van der Waals surface area contributed by atoms with Gasteiger partial charge in [0.1, 0.15) is 11.5 Å². The van der Waals surface area contributed by atoms with Crippen molar-refractivity contribution in [2.45, 2.75) is 26.9 Å². The first-order valence-electron chi connectivity index (χ1n) is 8.79. The summed E-state index contributed by atoms with van der Waals surface area (Å²) in [5.41, 5.74) is 2.48. The number of hydrogen-bond donors (Lipinski definition) is 2. The molecular weight excluding hydrogens is 378 g/mol. The fourth-order valence-corrected chi connectivity index (χ4v) is 2.66. The Bertz CT molecular complexity index is 948. The third-order valence-corrected chi connectivity index (χ3v) is 4.19. The predicted octanol–water partition coefficient (Wildman–Crippen LogP) is 5.12. The van der Waals surface area contributed by atoms with Crippen LogP contribution in [0.2, 0.25) is 5.02 Å². The third-order valence-electron chi connectivity index (χ3n) is 3.78. The van der Waals surface area contributed by atoms with Gasteiger partial charge in [-0.15, -0.1) is 5.10 Å². The molecule has 2 aromatic carbocycles. The highest BCUT2D eigenvalue weighted by Gasteiger charge is 2.10. The van der Waals surface area contributed by atoms with E-state index in [-0.39, 0.29) is 6.10 Å². The second-order valence-electron chi connectivity index (χ2n) is 6.41. The second-order valence-corrected chi connectivity index (χ2v) is 6.82. The topological polar surface area (TPSA) is 81.2 Å². The molecule has 0 aliphatic rings. The Balaban J connectivity index is 1.75. The zero-order chi connectivity index (χ0) is 20.1. The van der Waals surface area contributed by atoms with Crippen molar-refractivity contribution in [1.82, 2.24) is 15.2 Å². The van der Waals surface area contributed by atoms with Gasteiger partial charge in [0.15, 0.2) is 5.82 Å². The number of methoxy groups -OCH3 is 1. The molecule has 7 nitrogen and oxygen atoms in total. The highest BCUT2D eigenvalue weighted by atomic mass is 35.5. The first kappa shape index (κ1) is 19.7.